The van der Waals surface area contributed by atoms with E-state index in [0.29, 0.717) is 11.1 Å². The van der Waals surface area contributed by atoms with Gasteiger partial charge in [-0.1, -0.05) is 18.2 Å². The van der Waals surface area contributed by atoms with Crippen molar-refractivity contribution in [3.8, 4) is 0 Å². The summed E-state index contributed by atoms with van der Waals surface area (Å²) in [5, 5.41) is 6.47. The molecule has 0 bridgehead atoms. The Balaban J connectivity index is 2.21. The molecule has 0 aromatic heterocycles. The lowest BCUT2D eigenvalue weighted by Crippen LogP contribution is -2.20. The third-order valence-corrected chi connectivity index (χ3v) is 4.54. The Labute approximate surface area is 95.2 Å². The van der Waals surface area contributed by atoms with E-state index in [0.717, 1.165) is 4.90 Å². The molecule has 1 aromatic rings. The highest BCUT2D eigenvalue weighted by molar-refractivity contribution is 8.22. The summed E-state index contributed by atoms with van der Waals surface area (Å²) in [6.07, 6.45) is 3.94. The zero-order chi connectivity index (χ0) is 11.1. The van der Waals surface area contributed by atoms with Crippen molar-refractivity contribution in [3.05, 3.63) is 52.3 Å². The largest absolute Gasteiger partial charge is 0.288 e. The minimum atomic E-state index is -0.563. The van der Waals surface area contributed by atoms with Gasteiger partial charge in [0.05, 0.1) is 11.1 Å². The summed E-state index contributed by atoms with van der Waals surface area (Å²) in [7, 11) is -0.563. The van der Waals surface area contributed by atoms with Crippen LogP contribution in [0.2, 0.25) is 0 Å². The highest BCUT2D eigenvalue weighted by atomic mass is 32.2. The lowest BCUT2D eigenvalue weighted by molar-refractivity contribution is 0.0879. The molecule has 80 valence electrons. The molecule has 3 nitrogen and oxygen atoms in total. The van der Waals surface area contributed by atoms with E-state index in [1.54, 1.807) is 6.07 Å². The molecule has 2 amide bonds. The van der Waals surface area contributed by atoms with E-state index in [1.165, 1.54) is 0 Å². The summed E-state index contributed by atoms with van der Waals surface area (Å²) < 4.78 is 0. The van der Waals surface area contributed by atoms with Crippen LogP contribution in [0.25, 0.3) is 0 Å². The summed E-state index contributed by atoms with van der Waals surface area (Å²) in [6.45, 7) is 0. The number of benzene rings is 1. The molecule has 0 radical (unpaired) electrons. The van der Waals surface area contributed by atoms with Gasteiger partial charge in [0.1, 0.15) is 0 Å². The maximum Gasteiger partial charge on any atom is 0.260 e. The number of carbonyl (C=O) groups excluding carboxylic acids is 2. The number of carbonyl (C=O) groups is 2. The fourth-order valence-electron chi connectivity index (χ4n) is 1.91. The number of rotatable bonds is 1. The minimum absolute atomic E-state index is 0.271. The van der Waals surface area contributed by atoms with Gasteiger partial charge in [-0.25, -0.2) is 0 Å². The summed E-state index contributed by atoms with van der Waals surface area (Å²) >= 11 is 0. The van der Waals surface area contributed by atoms with E-state index in [-0.39, 0.29) is 11.8 Å². The van der Waals surface area contributed by atoms with Crippen molar-refractivity contribution in [2.45, 2.75) is 4.90 Å². The van der Waals surface area contributed by atoms with Crippen LogP contribution in [0, 0.1) is 0 Å². The molecule has 1 N–H and O–H groups in total. The number of hydrogen-bond acceptors (Lipinski definition) is 2. The van der Waals surface area contributed by atoms with Crippen LogP contribution in [-0.2, 0) is 0 Å². The predicted octanol–water partition coefficient (Wildman–Crippen LogP) is 1.97. The fourth-order valence-corrected chi connectivity index (χ4v) is 3.64. The minimum Gasteiger partial charge on any atom is -0.288 e. The molecular formula is C12H9NO2S. The molecule has 0 spiro atoms. The number of amides is 2. The van der Waals surface area contributed by atoms with E-state index in [2.05, 4.69) is 16.1 Å². The number of nitrogens with one attached hydrogen (secondary N) is 1. The Morgan fingerprint density at radius 3 is 2.50 bits per heavy atom. The lowest BCUT2D eigenvalue weighted by Gasteiger charge is -2.13. The van der Waals surface area contributed by atoms with Gasteiger partial charge in [0.15, 0.2) is 0 Å². The Bertz CT molecular complexity index is 548. The number of hydrogen-bond donors (Lipinski definition) is 2. The average molecular weight is 231 g/mol. The highest BCUT2D eigenvalue weighted by Gasteiger charge is 2.30. The van der Waals surface area contributed by atoms with Crippen molar-refractivity contribution in [2.75, 3.05) is 0 Å². The van der Waals surface area contributed by atoms with Crippen LogP contribution in [0.3, 0.4) is 0 Å². The van der Waals surface area contributed by atoms with Crippen LogP contribution < -0.4 is 5.32 Å². The van der Waals surface area contributed by atoms with Crippen molar-refractivity contribution >= 4 is 22.7 Å². The molecule has 0 saturated carbocycles. The zero-order valence-corrected chi connectivity index (χ0v) is 9.20. The number of thiol groups is 1. The van der Waals surface area contributed by atoms with Gasteiger partial charge in [-0.05, 0) is 22.9 Å². The zero-order valence-electron chi connectivity index (χ0n) is 8.31. The first-order valence-corrected chi connectivity index (χ1v) is 6.37. The van der Waals surface area contributed by atoms with E-state index < -0.39 is 10.9 Å². The van der Waals surface area contributed by atoms with Gasteiger partial charge in [-0.15, -0.1) is 0 Å². The summed E-state index contributed by atoms with van der Waals surface area (Å²) in [5.74, 6) is -0.559. The van der Waals surface area contributed by atoms with Gasteiger partial charge >= 0.3 is 0 Å². The van der Waals surface area contributed by atoms with Crippen molar-refractivity contribution in [1.29, 1.82) is 0 Å². The molecule has 0 fully saturated rings. The maximum atomic E-state index is 11.7. The van der Waals surface area contributed by atoms with Crippen LogP contribution >= 0.6 is 10.9 Å². The van der Waals surface area contributed by atoms with Gasteiger partial charge < -0.3 is 0 Å². The second kappa shape index (κ2) is 3.35. The molecule has 0 aliphatic carbocycles. The van der Waals surface area contributed by atoms with Gasteiger partial charge in [0.2, 0.25) is 0 Å². The van der Waals surface area contributed by atoms with Crippen LogP contribution in [0.4, 0.5) is 0 Å². The second-order valence-corrected chi connectivity index (χ2v) is 5.47. The number of imide groups is 1. The molecule has 4 heteroatoms. The molecule has 0 unspecified atom stereocenters. The Morgan fingerprint density at radius 2 is 1.75 bits per heavy atom. The van der Waals surface area contributed by atoms with E-state index >= 15 is 0 Å². The smallest absolute Gasteiger partial charge is 0.260 e. The monoisotopic (exact) mass is 231 g/mol. The predicted molar refractivity (Wildman–Crippen MR) is 63.8 cm³/mol. The maximum absolute atomic E-state index is 11.7. The summed E-state index contributed by atoms with van der Waals surface area (Å²) in [5.41, 5.74) is 1.05. The first-order chi connectivity index (χ1) is 7.77. The normalized spacial score (nSPS) is 19.1. The van der Waals surface area contributed by atoms with E-state index in [4.69, 9.17) is 0 Å². The third-order valence-electron chi connectivity index (χ3n) is 2.62. The molecule has 0 saturated heterocycles. The van der Waals surface area contributed by atoms with Crippen molar-refractivity contribution in [1.82, 2.24) is 5.32 Å². The molecular weight excluding hydrogens is 222 g/mol. The van der Waals surface area contributed by atoms with Crippen molar-refractivity contribution < 1.29 is 9.59 Å². The molecule has 1 aromatic carbocycles. The van der Waals surface area contributed by atoms with E-state index in [1.807, 2.05) is 24.3 Å². The number of allylic oxidation sites excluding steroid dienone is 2. The van der Waals surface area contributed by atoms with Gasteiger partial charge in [0, 0.05) is 4.90 Å². The molecule has 2 aliphatic heterocycles. The molecule has 2 aliphatic rings. The van der Waals surface area contributed by atoms with Crippen LogP contribution in [-0.4, -0.2) is 11.8 Å². The van der Waals surface area contributed by atoms with Crippen LogP contribution in [0.15, 0.2) is 46.1 Å². The highest BCUT2D eigenvalue weighted by Crippen LogP contribution is 2.45. The summed E-state index contributed by atoms with van der Waals surface area (Å²) in [6, 6.07) is 5.44. The van der Waals surface area contributed by atoms with Gasteiger partial charge in [-0.3, -0.25) is 14.9 Å². The third kappa shape index (κ3) is 1.23. The van der Waals surface area contributed by atoms with E-state index in [9.17, 15) is 9.59 Å². The average Bonchev–Trinajstić information content (AvgIpc) is 2.88. The lowest BCUT2D eigenvalue weighted by atomic mass is 10.1. The van der Waals surface area contributed by atoms with Gasteiger partial charge in [-0.2, -0.15) is 10.9 Å². The quantitative estimate of drug-likeness (QED) is 0.573. The SMILES string of the molecule is O=C1NC(=O)c2c1cccc2[SH]1C=CC=C1. The van der Waals surface area contributed by atoms with Crippen molar-refractivity contribution in [2.24, 2.45) is 0 Å². The molecule has 16 heavy (non-hydrogen) atoms. The molecule has 0 atom stereocenters. The standard InChI is InChI=1S/C12H9NO2S/c14-11-8-4-3-5-9(10(8)12(15)13-11)16-6-1-2-7-16/h1-7,16H,(H,13,14,15). The van der Waals surface area contributed by atoms with Crippen LogP contribution in [0.1, 0.15) is 20.7 Å². The van der Waals surface area contributed by atoms with Crippen LogP contribution in [0.5, 0.6) is 0 Å². The number of fused-ring (bicyclic) bond motifs is 1. The second-order valence-electron chi connectivity index (χ2n) is 3.57. The molecule has 2 heterocycles. The molecule has 3 rings (SSSR count). The Hall–Kier alpha value is -1.81. The Kier molecular flexibility index (Phi) is 1.97. The van der Waals surface area contributed by atoms with Gasteiger partial charge in [0.25, 0.3) is 11.8 Å². The fraction of sp³-hybridized carbons (Fsp3) is 0. The summed E-state index contributed by atoms with van der Waals surface area (Å²) in [4.78, 5) is 24.1. The first-order valence-electron chi connectivity index (χ1n) is 4.89. The topological polar surface area (TPSA) is 46.2 Å². The van der Waals surface area contributed by atoms with Crippen molar-refractivity contribution in [3.63, 3.8) is 0 Å². The first kappa shape index (κ1) is 9.42. The Morgan fingerprint density at radius 1 is 1.00 bits per heavy atom.